The predicted molar refractivity (Wildman–Crippen MR) is 101 cm³/mol. The fourth-order valence-corrected chi connectivity index (χ4v) is 4.39. The van der Waals surface area contributed by atoms with Crippen molar-refractivity contribution in [2.75, 3.05) is 6.26 Å². The molecule has 4 rings (SSSR count). The summed E-state index contributed by atoms with van der Waals surface area (Å²) in [5.74, 6) is 0.127. The second kappa shape index (κ2) is 5.79. The minimum Gasteiger partial charge on any atom is -0.366 e. The van der Waals surface area contributed by atoms with E-state index in [0.29, 0.717) is 23.4 Å². The van der Waals surface area contributed by atoms with Crippen LogP contribution in [0.2, 0.25) is 0 Å². The van der Waals surface area contributed by atoms with Crippen molar-refractivity contribution in [3.8, 4) is 22.3 Å². The molecule has 0 bridgehead atoms. The molecule has 7 heteroatoms. The number of benzene rings is 2. The first-order valence-corrected chi connectivity index (χ1v) is 10.3. The molecule has 3 aromatic rings. The molecular weight excluding hydrogens is 364 g/mol. The first-order valence-electron chi connectivity index (χ1n) is 8.40. The van der Waals surface area contributed by atoms with E-state index in [-0.39, 0.29) is 4.90 Å². The number of fused-ring (bicyclic) bond motifs is 3. The van der Waals surface area contributed by atoms with E-state index in [4.69, 9.17) is 10.3 Å². The zero-order valence-electron chi connectivity index (χ0n) is 15.2. The Labute approximate surface area is 156 Å². The number of sulfone groups is 1. The highest BCUT2D eigenvalue weighted by Gasteiger charge is 2.27. The Balaban J connectivity index is 2.02. The average molecular weight is 382 g/mol. The van der Waals surface area contributed by atoms with Crippen molar-refractivity contribution in [3.05, 3.63) is 58.5 Å². The maximum Gasteiger partial charge on any atom is 0.249 e. The molecule has 1 heterocycles. The third-order valence-electron chi connectivity index (χ3n) is 5.00. The Hall–Kier alpha value is -2.93. The van der Waals surface area contributed by atoms with Crippen molar-refractivity contribution >= 4 is 15.7 Å². The van der Waals surface area contributed by atoms with Crippen LogP contribution in [0, 0.1) is 13.8 Å². The van der Waals surface area contributed by atoms with Crippen LogP contribution in [0.1, 0.15) is 32.9 Å². The van der Waals surface area contributed by atoms with Gasteiger partial charge in [0.15, 0.2) is 9.84 Å². The summed E-state index contributed by atoms with van der Waals surface area (Å²) in [4.78, 5) is 12.4. The molecule has 27 heavy (non-hydrogen) atoms. The lowest BCUT2D eigenvalue weighted by Gasteiger charge is -2.10. The number of nitrogens with two attached hydrogens (primary N) is 1. The molecule has 0 aliphatic heterocycles. The van der Waals surface area contributed by atoms with Crippen LogP contribution in [0.5, 0.6) is 0 Å². The number of primary amides is 1. The molecule has 0 unspecified atom stereocenters. The van der Waals surface area contributed by atoms with Crippen molar-refractivity contribution in [2.24, 2.45) is 5.73 Å². The summed E-state index contributed by atoms with van der Waals surface area (Å²) < 4.78 is 29.2. The highest BCUT2D eigenvalue weighted by molar-refractivity contribution is 7.90. The molecule has 1 aromatic heterocycles. The Morgan fingerprint density at radius 1 is 1.15 bits per heavy atom. The van der Waals surface area contributed by atoms with Gasteiger partial charge in [0, 0.05) is 17.4 Å². The first-order chi connectivity index (χ1) is 12.7. The lowest BCUT2D eigenvalue weighted by Crippen LogP contribution is -2.14. The molecule has 0 saturated heterocycles. The van der Waals surface area contributed by atoms with Crippen molar-refractivity contribution in [2.45, 2.75) is 25.2 Å². The number of aryl methyl sites for hydroxylation is 2. The van der Waals surface area contributed by atoms with Gasteiger partial charge in [-0.2, -0.15) is 0 Å². The van der Waals surface area contributed by atoms with Crippen molar-refractivity contribution in [1.82, 2.24) is 5.16 Å². The third kappa shape index (κ3) is 2.75. The van der Waals surface area contributed by atoms with Crippen molar-refractivity contribution < 1.29 is 17.7 Å². The lowest BCUT2D eigenvalue weighted by atomic mass is 9.93. The fraction of sp³-hybridized carbons (Fsp3) is 0.200. The molecule has 0 fully saturated rings. The van der Waals surface area contributed by atoms with Crippen molar-refractivity contribution in [1.29, 1.82) is 0 Å². The fourth-order valence-electron chi connectivity index (χ4n) is 3.74. The number of hydrogen-bond acceptors (Lipinski definition) is 5. The summed E-state index contributed by atoms with van der Waals surface area (Å²) in [7, 11) is -3.34. The van der Waals surface area contributed by atoms with Gasteiger partial charge in [0.25, 0.3) is 0 Å². The Bertz CT molecular complexity index is 1200. The molecule has 0 saturated carbocycles. The summed E-state index contributed by atoms with van der Waals surface area (Å²) in [5, 5.41) is 3.98. The molecule has 1 aliphatic carbocycles. The molecule has 0 spiro atoms. The highest BCUT2D eigenvalue weighted by atomic mass is 32.2. The summed E-state index contributed by atoms with van der Waals surface area (Å²) in [6.45, 7) is 3.64. The summed E-state index contributed by atoms with van der Waals surface area (Å²) >= 11 is 0. The molecule has 0 atom stereocenters. The number of nitrogens with zero attached hydrogens (tertiary/aromatic N) is 1. The number of carbonyl (C=O) groups excluding carboxylic acids is 1. The maximum atomic E-state index is 12.1. The standard InChI is InChI=1S/C20H18N2O4S/c1-10-19(11(2)26-22-10)13-7-16-15-9-14(27(3,24)25)5-4-12(15)6-17(16)18(8-13)20(21)23/h4-5,7-9H,6H2,1-3H3,(H2,21,23). The van der Waals surface area contributed by atoms with Crippen LogP contribution in [0.15, 0.2) is 39.8 Å². The number of hydrogen-bond donors (Lipinski definition) is 1. The van der Waals surface area contributed by atoms with Gasteiger partial charge in [-0.15, -0.1) is 0 Å². The van der Waals surface area contributed by atoms with Gasteiger partial charge in [0.2, 0.25) is 5.91 Å². The monoisotopic (exact) mass is 382 g/mol. The first kappa shape index (κ1) is 17.5. The minimum absolute atomic E-state index is 0.248. The third-order valence-corrected chi connectivity index (χ3v) is 6.11. The minimum atomic E-state index is -3.34. The van der Waals surface area contributed by atoms with E-state index < -0.39 is 15.7 Å². The second-order valence-electron chi connectivity index (χ2n) is 6.88. The Morgan fingerprint density at radius 2 is 1.89 bits per heavy atom. The van der Waals surface area contributed by atoms with Crippen LogP contribution in [0.25, 0.3) is 22.3 Å². The van der Waals surface area contributed by atoms with Gasteiger partial charge in [0.05, 0.1) is 10.6 Å². The van der Waals surface area contributed by atoms with Crippen LogP contribution < -0.4 is 5.73 Å². The largest absolute Gasteiger partial charge is 0.366 e. The van der Waals surface area contributed by atoms with Crippen LogP contribution >= 0.6 is 0 Å². The molecule has 0 radical (unpaired) electrons. The maximum absolute atomic E-state index is 12.1. The van der Waals surface area contributed by atoms with Crippen LogP contribution in [0.3, 0.4) is 0 Å². The van der Waals surface area contributed by atoms with Gasteiger partial charge in [-0.1, -0.05) is 11.2 Å². The van der Waals surface area contributed by atoms with Crippen LogP contribution in [-0.2, 0) is 16.3 Å². The van der Waals surface area contributed by atoms with E-state index in [2.05, 4.69) is 5.16 Å². The second-order valence-corrected chi connectivity index (χ2v) is 8.90. The lowest BCUT2D eigenvalue weighted by molar-refractivity contribution is 0.0999. The van der Waals surface area contributed by atoms with Gasteiger partial charge in [-0.3, -0.25) is 4.79 Å². The van der Waals surface area contributed by atoms with E-state index in [1.54, 1.807) is 24.3 Å². The molecule has 2 aromatic carbocycles. The number of carbonyl (C=O) groups is 1. The van der Waals surface area contributed by atoms with E-state index in [1.807, 2.05) is 19.9 Å². The van der Waals surface area contributed by atoms with E-state index in [0.717, 1.165) is 33.4 Å². The Morgan fingerprint density at radius 3 is 2.48 bits per heavy atom. The van der Waals surface area contributed by atoms with Gasteiger partial charge in [-0.05, 0) is 72.4 Å². The van der Waals surface area contributed by atoms with E-state index in [1.165, 1.54) is 6.26 Å². The van der Waals surface area contributed by atoms with E-state index in [9.17, 15) is 13.2 Å². The molecule has 138 valence electrons. The Kier molecular flexibility index (Phi) is 3.75. The summed E-state index contributed by atoms with van der Waals surface area (Å²) in [6, 6.07) is 8.77. The number of amides is 1. The summed E-state index contributed by atoms with van der Waals surface area (Å²) in [5.41, 5.74) is 11.8. The molecule has 1 amide bonds. The van der Waals surface area contributed by atoms with Crippen LogP contribution in [0.4, 0.5) is 0 Å². The SMILES string of the molecule is Cc1noc(C)c1-c1cc(C(N)=O)c2c(c1)-c1cc(S(C)(=O)=O)ccc1C2. The van der Waals surface area contributed by atoms with Gasteiger partial charge < -0.3 is 10.3 Å². The molecule has 6 nitrogen and oxygen atoms in total. The molecule has 2 N–H and O–H groups in total. The average Bonchev–Trinajstić information content (AvgIpc) is 3.12. The molecule has 1 aliphatic rings. The normalized spacial score (nSPS) is 12.7. The highest BCUT2D eigenvalue weighted by Crippen LogP contribution is 2.42. The van der Waals surface area contributed by atoms with Crippen LogP contribution in [-0.4, -0.2) is 25.7 Å². The zero-order valence-corrected chi connectivity index (χ0v) is 16.0. The zero-order chi connectivity index (χ0) is 19.5. The predicted octanol–water partition coefficient (Wildman–Crippen LogP) is 3.03. The molecular formula is C20H18N2O4S. The topological polar surface area (TPSA) is 103 Å². The van der Waals surface area contributed by atoms with Gasteiger partial charge in [0.1, 0.15) is 5.76 Å². The number of aromatic nitrogens is 1. The number of rotatable bonds is 3. The quantitative estimate of drug-likeness (QED) is 0.586. The van der Waals surface area contributed by atoms with Gasteiger partial charge >= 0.3 is 0 Å². The smallest absolute Gasteiger partial charge is 0.249 e. The summed E-state index contributed by atoms with van der Waals surface area (Å²) in [6.07, 6.45) is 1.72. The van der Waals surface area contributed by atoms with Crippen molar-refractivity contribution in [3.63, 3.8) is 0 Å². The van der Waals surface area contributed by atoms with Gasteiger partial charge in [-0.25, -0.2) is 8.42 Å². The van der Waals surface area contributed by atoms with E-state index >= 15 is 0 Å².